The molecule has 3 unspecified atom stereocenters. The summed E-state index contributed by atoms with van der Waals surface area (Å²) in [5.41, 5.74) is 11.3. The summed E-state index contributed by atoms with van der Waals surface area (Å²) in [4.78, 5) is 0. The monoisotopic (exact) mass is 202 g/mol. The molecule has 86 valence electrons. The predicted molar refractivity (Wildman–Crippen MR) is 62.3 cm³/mol. The first kappa shape index (κ1) is 13.8. The Labute approximate surface area is 87.8 Å². The van der Waals surface area contributed by atoms with Crippen molar-refractivity contribution in [1.29, 1.82) is 0 Å². The minimum atomic E-state index is 0.231. The standard InChI is InChI=1S/C10H26N4/c1-8(11)6-13-5-4-10(3)14-7-9(2)12/h8-10,13-14H,4-7,11-12H2,1-3H3. The van der Waals surface area contributed by atoms with E-state index in [4.69, 9.17) is 11.5 Å². The smallest absolute Gasteiger partial charge is 0.0136 e. The molecule has 0 amide bonds. The molecule has 0 saturated heterocycles. The summed E-state index contributed by atoms with van der Waals surface area (Å²) < 4.78 is 0. The third-order valence-electron chi connectivity index (χ3n) is 2.01. The molecule has 4 nitrogen and oxygen atoms in total. The zero-order valence-electron chi connectivity index (χ0n) is 9.72. The van der Waals surface area contributed by atoms with Crippen molar-refractivity contribution in [2.24, 2.45) is 11.5 Å². The van der Waals surface area contributed by atoms with Gasteiger partial charge >= 0.3 is 0 Å². The highest BCUT2D eigenvalue weighted by Crippen LogP contribution is 1.88. The highest BCUT2D eigenvalue weighted by molar-refractivity contribution is 4.66. The van der Waals surface area contributed by atoms with Crippen molar-refractivity contribution >= 4 is 0 Å². The van der Waals surface area contributed by atoms with Gasteiger partial charge < -0.3 is 22.1 Å². The molecule has 0 aliphatic heterocycles. The molecule has 0 spiro atoms. The molecule has 4 heteroatoms. The number of hydrogen-bond donors (Lipinski definition) is 4. The van der Waals surface area contributed by atoms with Crippen molar-refractivity contribution in [2.45, 2.75) is 45.3 Å². The average molecular weight is 202 g/mol. The fourth-order valence-corrected chi connectivity index (χ4v) is 1.14. The van der Waals surface area contributed by atoms with E-state index in [2.05, 4.69) is 17.6 Å². The van der Waals surface area contributed by atoms with Crippen molar-refractivity contribution in [2.75, 3.05) is 19.6 Å². The zero-order valence-corrected chi connectivity index (χ0v) is 9.72. The highest BCUT2D eigenvalue weighted by atomic mass is 14.9. The molecule has 0 fully saturated rings. The lowest BCUT2D eigenvalue weighted by atomic mass is 10.2. The molecule has 0 saturated carbocycles. The Hall–Kier alpha value is -0.160. The number of rotatable bonds is 8. The molecule has 0 rings (SSSR count). The number of nitrogens with one attached hydrogen (secondary N) is 2. The first-order valence-electron chi connectivity index (χ1n) is 5.47. The summed E-state index contributed by atoms with van der Waals surface area (Å²) in [5, 5.41) is 6.68. The van der Waals surface area contributed by atoms with Crippen molar-refractivity contribution in [3.63, 3.8) is 0 Å². The Kier molecular flexibility index (Phi) is 8.08. The SMILES string of the molecule is CC(N)CNCCC(C)NCC(C)N. The van der Waals surface area contributed by atoms with Crippen LogP contribution in [0.2, 0.25) is 0 Å². The zero-order chi connectivity index (χ0) is 11.0. The summed E-state index contributed by atoms with van der Waals surface area (Å²) in [6, 6.07) is 0.985. The quantitative estimate of drug-likeness (QED) is 0.405. The normalized spacial score (nSPS) is 17.8. The predicted octanol–water partition coefficient (Wildman–Crippen LogP) is -0.361. The van der Waals surface area contributed by atoms with Crippen LogP contribution in [0.15, 0.2) is 0 Å². The second kappa shape index (κ2) is 8.17. The average Bonchev–Trinajstić information content (AvgIpc) is 2.08. The maximum absolute atomic E-state index is 5.64. The van der Waals surface area contributed by atoms with Gasteiger partial charge in [0.15, 0.2) is 0 Å². The van der Waals surface area contributed by atoms with Crippen LogP contribution in [0.1, 0.15) is 27.2 Å². The highest BCUT2D eigenvalue weighted by Gasteiger charge is 2.02. The molecular weight excluding hydrogens is 176 g/mol. The maximum Gasteiger partial charge on any atom is 0.0136 e. The van der Waals surface area contributed by atoms with E-state index in [1.807, 2.05) is 13.8 Å². The summed E-state index contributed by atoms with van der Waals surface area (Å²) in [7, 11) is 0. The van der Waals surface area contributed by atoms with Crippen molar-refractivity contribution in [3.05, 3.63) is 0 Å². The van der Waals surface area contributed by atoms with Gasteiger partial charge in [0.25, 0.3) is 0 Å². The van der Waals surface area contributed by atoms with Gasteiger partial charge in [-0.2, -0.15) is 0 Å². The summed E-state index contributed by atoms with van der Waals surface area (Å²) in [6.07, 6.45) is 1.11. The van der Waals surface area contributed by atoms with Crippen LogP contribution in [-0.2, 0) is 0 Å². The molecule has 0 aromatic heterocycles. The lowest BCUT2D eigenvalue weighted by Crippen LogP contribution is -2.39. The molecule has 0 bridgehead atoms. The van der Waals surface area contributed by atoms with E-state index in [-0.39, 0.29) is 12.1 Å². The van der Waals surface area contributed by atoms with Gasteiger partial charge in [-0.25, -0.2) is 0 Å². The van der Waals surface area contributed by atoms with E-state index in [0.717, 1.165) is 26.1 Å². The van der Waals surface area contributed by atoms with E-state index in [9.17, 15) is 0 Å². The van der Waals surface area contributed by atoms with Crippen LogP contribution in [0, 0.1) is 0 Å². The van der Waals surface area contributed by atoms with Crippen LogP contribution in [0.5, 0.6) is 0 Å². The summed E-state index contributed by atoms with van der Waals surface area (Å²) >= 11 is 0. The van der Waals surface area contributed by atoms with Gasteiger partial charge in [0, 0.05) is 31.2 Å². The lowest BCUT2D eigenvalue weighted by Gasteiger charge is -2.16. The first-order chi connectivity index (χ1) is 6.52. The van der Waals surface area contributed by atoms with Crippen LogP contribution in [0.25, 0.3) is 0 Å². The van der Waals surface area contributed by atoms with Crippen molar-refractivity contribution in [3.8, 4) is 0 Å². The summed E-state index contributed by atoms with van der Waals surface area (Å²) in [5.74, 6) is 0. The molecule has 0 radical (unpaired) electrons. The van der Waals surface area contributed by atoms with Crippen LogP contribution in [-0.4, -0.2) is 37.8 Å². The minimum Gasteiger partial charge on any atom is -0.327 e. The van der Waals surface area contributed by atoms with Gasteiger partial charge in [0.2, 0.25) is 0 Å². The van der Waals surface area contributed by atoms with Crippen LogP contribution < -0.4 is 22.1 Å². The topological polar surface area (TPSA) is 76.1 Å². The van der Waals surface area contributed by atoms with Crippen LogP contribution in [0.3, 0.4) is 0 Å². The molecule has 3 atom stereocenters. The van der Waals surface area contributed by atoms with Crippen LogP contribution in [0.4, 0.5) is 0 Å². The molecule has 0 aliphatic carbocycles. The molecule has 0 aromatic carbocycles. The van der Waals surface area contributed by atoms with E-state index < -0.39 is 0 Å². The van der Waals surface area contributed by atoms with E-state index in [0.29, 0.717) is 6.04 Å². The van der Waals surface area contributed by atoms with Gasteiger partial charge in [0.05, 0.1) is 0 Å². The van der Waals surface area contributed by atoms with Crippen molar-refractivity contribution < 1.29 is 0 Å². The Morgan fingerprint density at radius 3 is 2.07 bits per heavy atom. The Balaban J connectivity index is 3.22. The van der Waals surface area contributed by atoms with Crippen LogP contribution >= 0.6 is 0 Å². The lowest BCUT2D eigenvalue weighted by molar-refractivity contribution is 0.470. The van der Waals surface area contributed by atoms with Gasteiger partial charge in [-0.3, -0.25) is 0 Å². The van der Waals surface area contributed by atoms with Gasteiger partial charge in [-0.15, -0.1) is 0 Å². The fourth-order valence-electron chi connectivity index (χ4n) is 1.14. The van der Waals surface area contributed by atoms with E-state index in [1.54, 1.807) is 0 Å². The molecule has 6 N–H and O–H groups in total. The third kappa shape index (κ3) is 9.92. The maximum atomic E-state index is 5.64. The number of hydrogen-bond acceptors (Lipinski definition) is 4. The van der Waals surface area contributed by atoms with Gasteiger partial charge in [-0.05, 0) is 33.7 Å². The molecular formula is C10H26N4. The Morgan fingerprint density at radius 2 is 1.57 bits per heavy atom. The fraction of sp³-hybridized carbons (Fsp3) is 1.00. The molecule has 0 aliphatic rings. The number of nitrogens with two attached hydrogens (primary N) is 2. The van der Waals surface area contributed by atoms with E-state index in [1.165, 1.54) is 0 Å². The minimum absolute atomic E-state index is 0.231. The molecule has 14 heavy (non-hydrogen) atoms. The first-order valence-corrected chi connectivity index (χ1v) is 5.47. The second-order valence-electron chi connectivity index (χ2n) is 4.26. The third-order valence-corrected chi connectivity index (χ3v) is 2.01. The molecule has 0 aromatic rings. The molecule has 0 heterocycles. The Morgan fingerprint density at radius 1 is 1.00 bits per heavy atom. The summed E-state index contributed by atoms with van der Waals surface area (Å²) in [6.45, 7) is 8.97. The largest absolute Gasteiger partial charge is 0.327 e. The van der Waals surface area contributed by atoms with Gasteiger partial charge in [0.1, 0.15) is 0 Å². The second-order valence-corrected chi connectivity index (χ2v) is 4.26. The van der Waals surface area contributed by atoms with E-state index >= 15 is 0 Å². The van der Waals surface area contributed by atoms with Gasteiger partial charge in [-0.1, -0.05) is 0 Å². The van der Waals surface area contributed by atoms with Crippen molar-refractivity contribution in [1.82, 2.24) is 10.6 Å². The Bertz CT molecular complexity index is 125.